The zero-order valence-corrected chi connectivity index (χ0v) is 17.6. The molecule has 26 heavy (non-hydrogen) atoms. The van der Waals surface area contributed by atoms with Crippen molar-refractivity contribution in [1.82, 2.24) is 4.98 Å². The maximum absolute atomic E-state index is 12.6. The predicted octanol–water partition coefficient (Wildman–Crippen LogP) is 4.27. The molecule has 0 radical (unpaired) electrons. The molecular formula is C20H29NO4Si. The van der Waals surface area contributed by atoms with Crippen LogP contribution in [0.1, 0.15) is 43.6 Å². The number of carbonyl (C=O) groups excluding carboxylic acids is 1. The molecule has 0 saturated carbocycles. The number of hydrogen-bond donors (Lipinski definition) is 1. The van der Waals surface area contributed by atoms with Crippen molar-refractivity contribution < 1.29 is 14.0 Å². The quantitative estimate of drug-likeness (QED) is 0.605. The number of aromatic nitrogens is 1. The van der Waals surface area contributed by atoms with Crippen molar-refractivity contribution in [3.63, 3.8) is 0 Å². The Hall–Kier alpha value is -1.92. The van der Waals surface area contributed by atoms with E-state index in [1.807, 2.05) is 18.2 Å². The summed E-state index contributed by atoms with van der Waals surface area (Å²) in [5, 5.41) is 0.669. The van der Waals surface area contributed by atoms with Crippen molar-refractivity contribution in [1.29, 1.82) is 0 Å². The second kappa shape index (κ2) is 7.76. The molecule has 1 aromatic carbocycles. The van der Waals surface area contributed by atoms with Gasteiger partial charge in [-0.15, -0.1) is 0 Å². The summed E-state index contributed by atoms with van der Waals surface area (Å²) in [4.78, 5) is 27.5. The SMILES string of the molecule is CCOC(=O)c1c[nH]c2ccc(CCO[Si](C)(C)C(C)(C)C)cc2c1=O. The highest BCUT2D eigenvalue weighted by Crippen LogP contribution is 2.36. The Kier molecular flexibility index (Phi) is 6.08. The van der Waals surface area contributed by atoms with Gasteiger partial charge in [-0.2, -0.15) is 0 Å². The molecule has 0 saturated heterocycles. The zero-order valence-electron chi connectivity index (χ0n) is 16.6. The maximum atomic E-state index is 12.6. The molecule has 0 aliphatic rings. The molecule has 142 valence electrons. The van der Waals surface area contributed by atoms with Crippen LogP contribution in [0.15, 0.2) is 29.2 Å². The fourth-order valence-corrected chi connectivity index (χ4v) is 3.47. The number of rotatable bonds is 6. The van der Waals surface area contributed by atoms with Crippen LogP contribution in [0.5, 0.6) is 0 Å². The summed E-state index contributed by atoms with van der Waals surface area (Å²) in [5.74, 6) is -0.595. The van der Waals surface area contributed by atoms with Gasteiger partial charge in [0.1, 0.15) is 5.56 Å². The van der Waals surface area contributed by atoms with E-state index in [4.69, 9.17) is 9.16 Å². The Morgan fingerprint density at radius 2 is 1.92 bits per heavy atom. The van der Waals surface area contributed by atoms with E-state index < -0.39 is 14.3 Å². The summed E-state index contributed by atoms with van der Waals surface area (Å²) in [6.07, 6.45) is 2.15. The van der Waals surface area contributed by atoms with Gasteiger partial charge in [0, 0.05) is 23.7 Å². The van der Waals surface area contributed by atoms with E-state index in [9.17, 15) is 9.59 Å². The third-order valence-electron chi connectivity index (χ3n) is 5.10. The van der Waals surface area contributed by atoms with Gasteiger partial charge in [0.2, 0.25) is 5.43 Å². The lowest BCUT2D eigenvalue weighted by atomic mass is 10.1. The van der Waals surface area contributed by atoms with Crippen LogP contribution in [0.2, 0.25) is 18.1 Å². The summed E-state index contributed by atoms with van der Waals surface area (Å²) in [6, 6.07) is 5.69. The summed E-state index contributed by atoms with van der Waals surface area (Å²) in [5.41, 5.74) is 1.46. The highest BCUT2D eigenvalue weighted by molar-refractivity contribution is 6.74. The Morgan fingerprint density at radius 3 is 2.54 bits per heavy atom. The number of nitrogens with one attached hydrogen (secondary N) is 1. The molecule has 0 aliphatic carbocycles. The van der Waals surface area contributed by atoms with Crippen molar-refractivity contribution in [2.45, 2.75) is 52.2 Å². The summed E-state index contributed by atoms with van der Waals surface area (Å²) in [7, 11) is -1.79. The molecule has 0 unspecified atom stereocenters. The summed E-state index contributed by atoms with van der Waals surface area (Å²) < 4.78 is 11.2. The van der Waals surface area contributed by atoms with E-state index in [1.54, 1.807) is 6.92 Å². The molecule has 1 heterocycles. The summed E-state index contributed by atoms with van der Waals surface area (Å²) in [6.45, 7) is 13.7. The number of esters is 1. The number of pyridine rings is 1. The van der Waals surface area contributed by atoms with Gasteiger partial charge in [-0.1, -0.05) is 26.8 Å². The van der Waals surface area contributed by atoms with Crippen LogP contribution in [0, 0.1) is 0 Å². The number of aromatic amines is 1. The Morgan fingerprint density at radius 1 is 1.23 bits per heavy atom. The van der Waals surface area contributed by atoms with E-state index in [0.717, 1.165) is 12.0 Å². The predicted molar refractivity (Wildman–Crippen MR) is 107 cm³/mol. The average molecular weight is 376 g/mol. The minimum Gasteiger partial charge on any atom is -0.462 e. The maximum Gasteiger partial charge on any atom is 0.343 e. The molecule has 1 aromatic heterocycles. The monoisotopic (exact) mass is 375 g/mol. The summed E-state index contributed by atoms with van der Waals surface area (Å²) >= 11 is 0. The smallest absolute Gasteiger partial charge is 0.343 e. The Labute approximate surface area is 155 Å². The lowest BCUT2D eigenvalue weighted by Crippen LogP contribution is -2.41. The van der Waals surface area contributed by atoms with Crippen molar-refractivity contribution in [3.8, 4) is 0 Å². The van der Waals surface area contributed by atoms with E-state index in [1.165, 1.54) is 6.20 Å². The number of hydrogen-bond acceptors (Lipinski definition) is 4. The normalized spacial score (nSPS) is 12.4. The van der Waals surface area contributed by atoms with Crippen LogP contribution in [-0.4, -0.2) is 32.5 Å². The standard InChI is InChI=1S/C20H29NO4Si/c1-7-24-19(23)16-13-21-17-9-8-14(12-15(17)18(16)22)10-11-25-26(5,6)20(2,3)4/h8-9,12-13H,7,10-11H2,1-6H3,(H,21,22). The number of fused-ring (bicyclic) bond motifs is 1. The minimum absolute atomic E-state index is 0.0361. The first-order chi connectivity index (χ1) is 12.1. The van der Waals surface area contributed by atoms with Gasteiger partial charge in [-0.25, -0.2) is 4.79 Å². The molecular weight excluding hydrogens is 346 g/mol. The van der Waals surface area contributed by atoms with Gasteiger partial charge >= 0.3 is 5.97 Å². The van der Waals surface area contributed by atoms with E-state index >= 15 is 0 Å². The molecule has 2 rings (SSSR count). The lowest BCUT2D eigenvalue weighted by molar-refractivity contribution is 0.0524. The number of carbonyl (C=O) groups is 1. The second-order valence-corrected chi connectivity index (χ2v) is 12.8. The third kappa shape index (κ3) is 4.43. The van der Waals surface area contributed by atoms with Crippen molar-refractivity contribution in [2.75, 3.05) is 13.2 Å². The molecule has 1 N–H and O–H groups in total. The molecule has 2 aromatic rings. The second-order valence-electron chi connectivity index (χ2n) is 7.99. The fraction of sp³-hybridized carbons (Fsp3) is 0.500. The van der Waals surface area contributed by atoms with Crippen LogP contribution >= 0.6 is 0 Å². The van der Waals surface area contributed by atoms with Crippen LogP contribution in [0.25, 0.3) is 10.9 Å². The Balaban J connectivity index is 2.21. The minimum atomic E-state index is -1.79. The van der Waals surface area contributed by atoms with Gasteiger partial charge in [0.25, 0.3) is 0 Å². The third-order valence-corrected chi connectivity index (χ3v) is 9.64. The molecule has 6 heteroatoms. The lowest BCUT2D eigenvalue weighted by Gasteiger charge is -2.36. The molecule has 0 fully saturated rings. The first-order valence-corrected chi connectivity index (χ1v) is 11.9. The first kappa shape index (κ1) is 20.4. The molecule has 5 nitrogen and oxygen atoms in total. The number of benzene rings is 1. The topological polar surface area (TPSA) is 68.4 Å². The Bertz CT molecular complexity index is 849. The van der Waals surface area contributed by atoms with Crippen LogP contribution in [-0.2, 0) is 15.6 Å². The molecule has 0 spiro atoms. The molecule has 0 aliphatic heterocycles. The molecule has 0 atom stereocenters. The van der Waals surface area contributed by atoms with Gasteiger partial charge in [0.15, 0.2) is 8.32 Å². The highest BCUT2D eigenvalue weighted by Gasteiger charge is 2.36. The van der Waals surface area contributed by atoms with Crippen LogP contribution in [0.3, 0.4) is 0 Å². The van der Waals surface area contributed by atoms with Gasteiger partial charge in [-0.05, 0) is 49.2 Å². The molecule has 0 bridgehead atoms. The first-order valence-electron chi connectivity index (χ1n) is 9.02. The highest BCUT2D eigenvalue weighted by atomic mass is 28.4. The van der Waals surface area contributed by atoms with Crippen molar-refractivity contribution >= 4 is 25.2 Å². The number of H-pyrrole nitrogens is 1. The number of ether oxygens (including phenoxy) is 1. The molecule has 0 amide bonds. The van der Waals surface area contributed by atoms with Crippen LogP contribution in [0.4, 0.5) is 0 Å². The van der Waals surface area contributed by atoms with Gasteiger partial charge in [0.05, 0.1) is 6.61 Å². The van der Waals surface area contributed by atoms with E-state index in [-0.39, 0.29) is 22.6 Å². The van der Waals surface area contributed by atoms with E-state index in [0.29, 0.717) is 17.5 Å². The van der Waals surface area contributed by atoms with E-state index in [2.05, 4.69) is 38.8 Å². The largest absolute Gasteiger partial charge is 0.462 e. The average Bonchev–Trinajstić information content (AvgIpc) is 2.54. The van der Waals surface area contributed by atoms with Gasteiger partial charge in [-0.3, -0.25) is 4.79 Å². The van der Waals surface area contributed by atoms with Gasteiger partial charge < -0.3 is 14.1 Å². The van der Waals surface area contributed by atoms with Crippen molar-refractivity contribution in [3.05, 3.63) is 45.7 Å². The van der Waals surface area contributed by atoms with Crippen molar-refractivity contribution in [2.24, 2.45) is 0 Å². The van der Waals surface area contributed by atoms with Crippen LogP contribution < -0.4 is 5.43 Å². The zero-order chi connectivity index (χ0) is 19.5. The fourth-order valence-electron chi connectivity index (χ4n) is 2.42.